The molecule has 0 amide bonds. The Bertz CT molecular complexity index is 6380. The zero-order chi connectivity index (χ0) is 86.4. The van der Waals surface area contributed by atoms with Gasteiger partial charge in [0, 0.05) is 69.9 Å². The van der Waals surface area contributed by atoms with Crippen molar-refractivity contribution in [3.8, 4) is 50.6 Å². The lowest BCUT2D eigenvalue weighted by Gasteiger charge is -2.17. The van der Waals surface area contributed by atoms with Crippen molar-refractivity contribution in [1.29, 1.82) is 5.26 Å². The van der Waals surface area contributed by atoms with E-state index in [1.807, 2.05) is 107 Å². The number of sulfone groups is 1. The molecule has 9 nitrogen and oxygen atoms in total. The maximum absolute atomic E-state index is 14.8. The molecule has 13 aromatic carbocycles. The van der Waals surface area contributed by atoms with Crippen molar-refractivity contribution in [3.63, 3.8) is 0 Å². The predicted molar refractivity (Wildman–Crippen MR) is 465 cm³/mol. The minimum absolute atomic E-state index is 0.0591. The van der Waals surface area contributed by atoms with Gasteiger partial charge in [-0.25, -0.2) is 43.5 Å². The Kier molecular flexibility index (Phi) is 29.7. The molecule has 0 radical (unpaired) electrons. The summed E-state index contributed by atoms with van der Waals surface area (Å²) in [6.45, 7) is 17.5. The summed E-state index contributed by atoms with van der Waals surface area (Å²) in [5.41, 5.74) is 14.4. The molecule has 610 valence electrons. The third-order valence-electron chi connectivity index (χ3n) is 19.0. The summed E-state index contributed by atoms with van der Waals surface area (Å²) in [6, 6.07) is 65.9. The van der Waals surface area contributed by atoms with Gasteiger partial charge < -0.3 is 0 Å². The normalized spacial score (nSPS) is 11.4. The number of halogens is 8. The van der Waals surface area contributed by atoms with Crippen molar-refractivity contribution >= 4 is 125 Å². The van der Waals surface area contributed by atoms with Gasteiger partial charge in [-0.15, -0.1) is 36.2 Å². The first-order valence-electron chi connectivity index (χ1n) is 35.8. The highest BCUT2D eigenvalue weighted by molar-refractivity contribution is 8.01. The summed E-state index contributed by atoms with van der Waals surface area (Å²) in [6.07, 6.45) is 4.12. The molecular weight excluding hydrogens is 1740 g/mol. The summed E-state index contributed by atoms with van der Waals surface area (Å²) in [5.74, 6) is -11.3. The molecule has 1 N–H and O–H groups in total. The van der Waals surface area contributed by atoms with Crippen molar-refractivity contribution in [2.45, 2.75) is 152 Å². The smallest absolute Gasteiger partial charge is 0.282 e. The van der Waals surface area contributed by atoms with Crippen LogP contribution < -0.4 is 0 Å². The number of hydrogen-bond acceptors (Lipinski definition) is 16. The number of rotatable bonds is 21. The van der Waals surface area contributed by atoms with E-state index in [2.05, 4.69) is 93.1 Å². The van der Waals surface area contributed by atoms with Gasteiger partial charge in [0.15, 0.2) is 46.5 Å². The Balaban J connectivity index is 0.000000234. The molecule has 0 unspecified atom stereocenters. The van der Waals surface area contributed by atoms with E-state index in [9.17, 15) is 61.8 Å². The maximum atomic E-state index is 14.8. The largest absolute Gasteiger partial charge is 0.425 e. The number of aryl methyl sites for hydroxylation is 8. The average Bonchev–Trinajstić information content (AvgIpc) is 0.744. The fourth-order valence-corrected chi connectivity index (χ4v) is 22.3. The first-order chi connectivity index (χ1) is 56.4. The zero-order valence-electron chi connectivity index (χ0n) is 65.4. The maximum Gasteiger partial charge on any atom is 0.425 e. The van der Waals surface area contributed by atoms with E-state index >= 15 is 0 Å². The van der Waals surface area contributed by atoms with Gasteiger partial charge in [0.1, 0.15) is 11.0 Å². The van der Waals surface area contributed by atoms with Crippen LogP contribution >= 0.6 is 94.1 Å². The van der Waals surface area contributed by atoms with Crippen molar-refractivity contribution < 1.29 is 69.1 Å². The van der Waals surface area contributed by atoms with Crippen LogP contribution in [0.15, 0.2) is 289 Å². The fraction of sp³-hybridized carbons (Fsp3) is 0.132. The molecule has 13 aromatic rings. The van der Waals surface area contributed by atoms with Gasteiger partial charge in [-0.05, 0) is 274 Å². The summed E-state index contributed by atoms with van der Waals surface area (Å²) < 4.78 is 204. The number of hydrogen-bond donors (Lipinski definition) is 1. The molecule has 0 saturated carbocycles. The molecule has 0 spiro atoms. The first-order valence-corrected chi connectivity index (χ1v) is 47.1. The molecular formula is C91H71F8NO8S11. The fourth-order valence-electron chi connectivity index (χ4n) is 13.1. The van der Waals surface area contributed by atoms with Gasteiger partial charge in [0.05, 0.1) is 25.1 Å². The molecule has 0 aliphatic heterocycles. The third kappa shape index (κ3) is 21.0. The average molecular weight is 1810 g/mol. The number of benzene rings is 13. The summed E-state index contributed by atoms with van der Waals surface area (Å²) in [5, 5.41) is 10.1. The quantitative estimate of drug-likeness (QED) is 0.0312. The Hall–Kier alpha value is -8.93. The predicted octanol–water partition coefficient (Wildman–Crippen LogP) is 27.5. The Morgan fingerprint density at radius 1 is 0.311 bits per heavy atom. The molecule has 28 heteroatoms. The molecule has 119 heavy (non-hydrogen) atoms. The van der Waals surface area contributed by atoms with Crippen LogP contribution in [0.3, 0.4) is 0 Å². The minimum Gasteiger partial charge on any atom is -0.282 e. The van der Waals surface area contributed by atoms with Crippen LogP contribution in [-0.2, 0) is 30.6 Å². The van der Waals surface area contributed by atoms with E-state index in [4.69, 9.17) is 12.6 Å². The second-order valence-electron chi connectivity index (χ2n) is 27.3. The van der Waals surface area contributed by atoms with E-state index in [1.54, 1.807) is 85.5 Å². The minimum atomic E-state index is -4.85. The van der Waals surface area contributed by atoms with Gasteiger partial charge in [-0.3, -0.25) is 4.55 Å². The van der Waals surface area contributed by atoms with E-state index in [1.165, 1.54) is 68.7 Å². The van der Waals surface area contributed by atoms with E-state index in [0.29, 0.717) is 50.0 Å². The van der Waals surface area contributed by atoms with Gasteiger partial charge in [-0.2, -0.15) is 13.7 Å². The van der Waals surface area contributed by atoms with E-state index in [0.717, 1.165) is 133 Å². The second-order valence-corrected chi connectivity index (χ2v) is 39.2. The highest BCUT2D eigenvalue weighted by Crippen LogP contribution is 2.47. The van der Waals surface area contributed by atoms with E-state index < -0.39 is 103 Å². The summed E-state index contributed by atoms with van der Waals surface area (Å²) in [4.78, 5) is 7.45. The van der Waals surface area contributed by atoms with Crippen LogP contribution in [0.1, 0.15) is 61.2 Å². The lowest BCUT2D eigenvalue weighted by molar-refractivity contribution is 0.418. The summed E-state index contributed by atoms with van der Waals surface area (Å²) >= 11 is 10.4. The van der Waals surface area contributed by atoms with Crippen molar-refractivity contribution in [1.82, 2.24) is 0 Å². The monoisotopic (exact) mass is 1810 g/mol. The molecule has 0 heterocycles. The van der Waals surface area contributed by atoms with Crippen molar-refractivity contribution in [2.75, 3.05) is 12.5 Å². The van der Waals surface area contributed by atoms with Crippen LogP contribution in [0, 0.1) is 127 Å². The molecule has 0 aliphatic carbocycles. The van der Waals surface area contributed by atoms with Crippen LogP contribution in [0.25, 0.3) is 44.5 Å². The Morgan fingerprint density at radius 3 is 0.924 bits per heavy atom. The highest BCUT2D eigenvalue weighted by atomic mass is 32.2. The lowest BCUT2D eigenvalue weighted by Crippen LogP contribution is -2.06. The van der Waals surface area contributed by atoms with Crippen LogP contribution in [0.4, 0.5) is 35.1 Å². The molecule has 0 aliphatic rings. The Morgan fingerprint density at radius 2 is 0.597 bits per heavy atom. The second kappa shape index (κ2) is 38.9. The topological polar surface area (TPSA) is 164 Å². The molecule has 0 bridgehead atoms. The van der Waals surface area contributed by atoms with Crippen molar-refractivity contribution in [2.24, 2.45) is 0 Å². The molecule has 13 rings (SSSR count). The third-order valence-corrected chi connectivity index (χ3v) is 30.9. The zero-order valence-corrected chi connectivity index (χ0v) is 74.4. The van der Waals surface area contributed by atoms with Gasteiger partial charge in [-0.1, -0.05) is 174 Å². The van der Waals surface area contributed by atoms with Crippen LogP contribution in [0.2, 0.25) is 0 Å². The molecule has 0 saturated heterocycles. The lowest BCUT2D eigenvalue weighted by atomic mass is 9.97. The number of nitriles is 1. The number of nitrogens with zero attached hydrogens (tertiary/aromatic N) is 1. The van der Waals surface area contributed by atoms with Crippen molar-refractivity contribution in [3.05, 3.63) is 314 Å². The van der Waals surface area contributed by atoms with Gasteiger partial charge in [0.25, 0.3) is 10.1 Å². The van der Waals surface area contributed by atoms with Gasteiger partial charge in [0.2, 0.25) is 9.84 Å². The first kappa shape index (κ1) is 90.8. The number of thioether (sulfide) groups is 2. The summed E-state index contributed by atoms with van der Waals surface area (Å²) in [7, 11) is -12.2. The molecule has 0 fully saturated rings. The molecule has 0 aromatic heterocycles. The standard InChI is InChI=1S/C52H46F4O5S6.C39H25F4NS4.O3S/c1-26-17-35(18-27(2)48(26)62-10)37-21-30(5)50(31(6)22-37)64-42-16-15-41(25-43(42)67(59,60)61)66(57,58)40-13-11-39(12-14-40)63-49-28(3)19-36(20-29(49)4)38-23-32(7)51(33(8)24-38)65-52-46(55)44(53)34(9)45(54)47(52)56;1-23-35(40)37(42)39(38(43)36(23)41)48-31-20-12-27(13-21-31)26-10-18-30(19-11-26)47-34-5-3-4-33(32(34)22-44)46-29-16-8-25(9-17-29)24-6-14-28(45-2)15-7-24;1-4(2)3/h11-25H,1-10H3,(H,59,60,61);3-21H,1-2H3;. The van der Waals surface area contributed by atoms with Crippen LogP contribution in [0.5, 0.6) is 0 Å². The highest BCUT2D eigenvalue weighted by Gasteiger charge is 2.29. The SMILES string of the molecule is CSc1c(C)cc(-c2cc(C)c(Sc3ccc(S(=O)(=O)c4ccc(Sc5c(C)cc(-c6cc(C)c(Sc7c(F)c(F)c(C)c(F)c7F)c(C)c6)cc5C)cc4)cc3S(=O)(=O)O)c(C)c2)cc1C.CSc1ccc(-c2ccc(Sc3cccc(Sc4ccc(-c5ccc(Sc6c(F)c(F)c(C)c(F)c6F)cc5)cc4)c3C#N)cc2)cc1.O=S(=O)=O. The van der Waals surface area contributed by atoms with E-state index in [-0.39, 0.29) is 14.7 Å². The molecule has 0 atom stereocenters. The Labute approximate surface area is 722 Å². The van der Waals surface area contributed by atoms with Crippen LogP contribution in [-0.4, -0.2) is 46.5 Å². The van der Waals surface area contributed by atoms with Gasteiger partial charge >= 0.3 is 10.6 Å².